The number of hydrogen-bond donors (Lipinski definition) is 2. The minimum Gasteiger partial charge on any atom is -0.506 e. The molecule has 15 heavy (non-hydrogen) atoms. The highest BCUT2D eigenvalue weighted by atomic mass is 32.2. The first-order chi connectivity index (χ1) is 6.89. The van der Waals surface area contributed by atoms with Crippen molar-refractivity contribution in [1.29, 1.82) is 0 Å². The van der Waals surface area contributed by atoms with Gasteiger partial charge in [0.25, 0.3) is 0 Å². The Morgan fingerprint density at radius 2 is 2.07 bits per heavy atom. The molecule has 0 saturated heterocycles. The lowest BCUT2D eigenvalue weighted by Crippen LogP contribution is -2.26. The fraction of sp³-hybridized carbons (Fsp3) is 0.333. The van der Waals surface area contributed by atoms with Gasteiger partial charge in [-0.25, -0.2) is 12.7 Å². The molecule has 5 nitrogen and oxygen atoms in total. The molecule has 0 bridgehead atoms. The van der Waals surface area contributed by atoms with Gasteiger partial charge in [0.05, 0.1) is 10.6 Å². The first-order valence-corrected chi connectivity index (χ1v) is 5.88. The summed E-state index contributed by atoms with van der Waals surface area (Å²) >= 11 is 0. The van der Waals surface area contributed by atoms with Gasteiger partial charge in [-0.3, -0.25) is 0 Å². The molecule has 1 rings (SSSR count). The lowest BCUT2D eigenvalue weighted by Gasteiger charge is -2.15. The van der Waals surface area contributed by atoms with Gasteiger partial charge in [-0.05, 0) is 18.2 Å². The number of benzene rings is 1. The molecule has 0 aliphatic heterocycles. The summed E-state index contributed by atoms with van der Waals surface area (Å²) in [4.78, 5) is 0.0853. The van der Waals surface area contributed by atoms with Gasteiger partial charge in [0.15, 0.2) is 0 Å². The summed E-state index contributed by atoms with van der Waals surface area (Å²) in [6.07, 6.45) is 0. The maximum absolute atomic E-state index is 11.8. The molecule has 84 valence electrons. The van der Waals surface area contributed by atoms with Crippen molar-refractivity contribution in [1.82, 2.24) is 4.31 Å². The molecular weight excluding hydrogens is 216 g/mol. The molecule has 3 N–H and O–H groups in total. The molecule has 0 amide bonds. The Morgan fingerprint density at radius 1 is 1.47 bits per heavy atom. The largest absolute Gasteiger partial charge is 0.506 e. The molecule has 0 saturated carbocycles. The Kier molecular flexibility index (Phi) is 3.21. The molecule has 0 aliphatic rings. The van der Waals surface area contributed by atoms with Crippen LogP contribution in [0.4, 0.5) is 5.69 Å². The van der Waals surface area contributed by atoms with E-state index in [1.807, 2.05) is 0 Å². The van der Waals surface area contributed by atoms with Gasteiger partial charge in [0, 0.05) is 13.6 Å². The zero-order valence-electron chi connectivity index (χ0n) is 8.64. The molecule has 0 fully saturated rings. The molecule has 0 aliphatic carbocycles. The van der Waals surface area contributed by atoms with Crippen molar-refractivity contribution in [2.75, 3.05) is 19.3 Å². The zero-order chi connectivity index (χ0) is 11.6. The van der Waals surface area contributed by atoms with Gasteiger partial charge in [-0.15, -0.1) is 0 Å². The van der Waals surface area contributed by atoms with Crippen LogP contribution in [0.1, 0.15) is 6.92 Å². The quantitative estimate of drug-likeness (QED) is 0.589. The normalized spacial score (nSPS) is 11.9. The smallest absolute Gasteiger partial charge is 0.242 e. The van der Waals surface area contributed by atoms with E-state index in [9.17, 15) is 13.5 Å². The monoisotopic (exact) mass is 230 g/mol. The Hall–Kier alpha value is -1.27. The Labute approximate surface area is 89.2 Å². The van der Waals surface area contributed by atoms with Gasteiger partial charge in [0.2, 0.25) is 10.0 Å². The maximum atomic E-state index is 11.8. The predicted molar refractivity (Wildman–Crippen MR) is 58.0 cm³/mol. The third kappa shape index (κ3) is 2.21. The van der Waals surface area contributed by atoms with Crippen LogP contribution >= 0.6 is 0 Å². The number of rotatable bonds is 3. The van der Waals surface area contributed by atoms with Crippen molar-refractivity contribution in [3.05, 3.63) is 18.2 Å². The van der Waals surface area contributed by atoms with Crippen LogP contribution in [0.3, 0.4) is 0 Å². The van der Waals surface area contributed by atoms with Crippen LogP contribution in [0.5, 0.6) is 5.75 Å². The van der Waals surface area contributed by atoms with E-state index >= 15 is 0 Å². The molecule has 0 atom stereocenters. The van der Waals surface area contributed by atoms with Crippen LogP contribution in [0.15, 0.2) is 23.1 Å². The predicted octanol–water partition coefficient (Wildman–Crippen LogP) is 0.615. The molecule has 0 radical (unpaired) electrons. The number of aromatic hydroxyl groups is 1. The number of anilines is 1. The van der Waals surface area contributed by atoms with Crippen molar-refractivity contribution < 1.29 is 13.5 Å². The van der Waals surface area contributed by atoms with Crippen molar-refractivity contribution in [2.45, 2.75) is 11.8 Å². The Balaban J connectivity index is 3.23. The van der Waals surface area contributed by atoms with Crippen LogP contribution < -0.4 is 5.73 Å². The highest BCUT2D eigenvalue weighted by Crippen LogP contribution is 2.24. The van der Waals surface area contributed by atoms with Crippen molar-refractivity contribution >= 4 is 15.7 Å². The molecular formula is C9H14N2O3S. The topological polar surface area (TPSA) is 83.6 Å². The van der Waals surface area contributed by atoms with Gasteiger partial charge in [-0.2, -0.15) is 0 Å². The Bertz CT molecular complexity index is 456. The van der Waals surface area contributed by atoms with Gasteiger partial charge >= 0.3 is 0 Å². The number of hydrogen-bond acceptors (Lipinski definition) is 4. The van der Waals surface area contributed by atoms with E-state index in [0.29, 0.717) is 6.54 Å². The van der Waals surface area contributed by atoms with Crippen LogP contribution in [0, 0.1) is 0 Å². The summed E-state index contributed by atoms with van der Waals surface area (Å²) in [5.41, 5.74) is 5.48. The fourth-order valence-corrected chi connectivity index (χ4v) is 2.26. The number of sulfonamides is 1. The summed E-state index contributed by atoms with van der Waals surface area (Å²) in [6, 6.07) is 3.84. The molecule has 1 aromatic rings. The second-order valence-corrected chi connectivity index (χ2v) is 5.18. The van der Waals surface area contributed by atoms with Crippen LogP contribution in [-0.2, 0) is 10.0 Å². The highest BCUT2D eigenvalue weighted by molar-refractivity contribution is 7.89. The van der Waals surface area contributed by atoms with Gasteiger partial charge in [-0.1, -0.05) is 6.92 Å². The summed E-state index contributed by atoms with van der Waals surface area (Å²) in [7, 11) is -2.00. The number of nitrogens with zero attached hydrogens (tertiary/aromatic N) is 1. The summed E-state index contributed by atoms with van der Waals surface area (Å²) in [6.45, 7) is 2.12. The third-order valence-corrected chi connectivity index (χ3v) is 4.08. The molecule has 0 spiro atoms. The van der Waals surface area contributed by atoms with E-state index in [1.165, 1.54) is 29.6 Å². The van der Waals surface area contributed by atoms with E-state index in [0.717, 1.165) is 0 Å². The number of phenols is 1. The average molecular weight is 230 g/mol. The van der Waals surface area contributed by atoms with Crippen molar-refractivity contribution in [3.63, 3.8) is 0 Å². The van der Waals surface area contributed by atoms with E-state index < -0.39 is 10.0 Å². The van der Waals surface area contributed by atoms with E-state index in [2.05, 4.69) is 0 Å². The zero-order valence-corrected chi connectivity index (χ0v) is 9.45. The van der Waals surface area contributed by atoms with Gasteiger partial charge in [0.1, 0.15) is 5.75 Å². The number of phenolic OH excluding ortho intramolecular Hbond substituents is 1. The lowest BCUT2D eigenvalue weighted by molar-refractivity contribution is 0.476. The molecule has 6 heteroatoms. The minimum absolute atomic E-state index is 0.0561. The number of nitrogens with two attached hydrogens (primary N) is 1. The number of nitrogen functional groups attached to an aromatic ring is 1. The van der Waals surface area contributed by atoms with Crippen molar-refractivity contribution in [3.8, 4) is 5.75 Å². The van der Waals surface area contributed by atoms with Gasteiger partial charge < -0.3 is 10.8 Å². The summed E-state index contributed by atoms with van der Waals surface area (Å²) < 4.78 is 24.8. The van der Waals surface area contributed by atoms with E-state index in [-0.39, 0.29) is 16.3 Å². The lowest BCUT2D eigenvalue weighted by atomic mass is 10.3. The summed E-state index contributed by atoms with van der Waals surface area (Å²) in [5, 5.41) is 9.17. The SMILES string of the molecule is CCN(C)S(=O)(=O)c1ccc(O)c(N)c1. The molecule has 0 unspecified atom stereocenters. The first-order valence-electron chi connectivity index (χ1n) is 4.44. The fourth-order valence-electron chi connectivity index (χ4n) is 1.04. The second-order valence-electron chi connectivity index (χ2n) is 3.14. The Morgan fingerprint density at radius 3 is 2.53 bits per heavy atom. The van der Waals surface area contributed by atoms with Crippen molar-refractivity contribution in [2.24, 2.45) is 0 Å². The highest BCUT2D eigenvalue weighted by Gasteiger charge is 2.19. The second kappa shape index (κ2) is 4.08. The van der Waals surface area contributed by atoms with Crippen LogP contribution in [0.2, 0.25) is 0 Å². The summed E-state index contributed by atoms with van der Waals surface area (Å²) in [5.74, 6) is -0.117. The third-order valence-electron chi connectivity index (χ3n) is 2.15. The molecule has 1 aromatic carbocycles. The minimum atomic E-state index is -3.49. The maximum Gasteiger partial charge on any atom is 0.242 e. The van der Waals surface area contributed by atoms with E-state index in [4.69, 9.17) is 5.73 Å². The van der Waals surface area contributed by atoms with E-state index in [1.54, 1.807) is 6.92 Å². The van der Waals surface area contributed by atoms with Crippen LogP contribution in [-0.4, -0.2) is 31.4 Å². The average Bonchev–Trinajstić information content (AvgIpc) is 2.20. The van der Waals surface area contributed by atoms with Crippen LogP contribution in [0.25, 0.3) is 0 Å². The molecule has 0 heterocycles. The molecule has 0 aromatic heterocycles. The first kappa shape index (κ1) is 11.8. The standard InChI is InChI=1S/C9H14N2O3S/c1-3-11(2)15(13,14)7-4-5-9(12)8(10)6-7/h4-6,12H,3,10H2,1-2H3.